The van der Waals surface area contributed by atoms with Gasteiger partial charge in [0, 0.05) is 12.6 Å². The molecule has 5 heteroatoms. The highest BCUT2D eigenvalue weighted by molar-refractivity contribution is 5.30. The van der Waals surface area contributed by atoms with Gasteiger partial charge in [0.25, 0.3) is 0 Å². The van der Waals surface area contributed by atoms with Gasteiger partial charge in [-0.2, -0.15) is 5.10 Å². The fourth-order valence-electron chi connectivity index (χ4n) is 2.16. The zero-order valence-electron chi connectivity index (χ0n) is 13.0. The summed E-state index contributed by atoms with van der Waals surface area (Å²) in [5.41, 5.74) is 1.23. The molecule has 0 aliphatic carbocycles. The molecule has 0 saturated heterocycles. The lowest BCUT2D eigenvalue weighted by Gasteiger charge is -2.15. The lowest BCUT2D eigenvalue weighted by atomic mass is 10.1. The maximum absolute atomic E-state index is 5.84. The van der Waals surface area contributed by atoms with Crippen LogP contribution in [0.3, 0.4) is 0 Å². The summed E-state index contributed by atoms with van der Waals surface area (Å²) in [6, 6.07) is 8.53. The van der Waals surface area contributed by atoms with Gasteiger partial charge in [-0.15, -0.1) is 0 Å². The molecule has 0 bridgehead atoms. The molecule has 1 heterocycles. The maximum atomic E-state index is 5.84. The summed E-state index contributed by atoms with van der Waals surface area (Å²) in [6.45, 7) is 8.64. The van der Waals surface area contributed by atoms with Crippen molar-refractivity contribution in [3.8, 4) is 5.75 Å². The van der Waals surface area contributed by atoms with Crippen LogP contribution in [0, 0.1) is 0 Å². The highest BCUT2D eigenvalue weighted by Gasteiger charge is 2.07. The van der Waals surface area contributed by atoms with Crippen LogP contribution in [0.5, 0.6) is 5.75 Å². The van der Waals surface area contributed by atoms with Gasteiger partial charge in [0.2, 0.25) is 0 Å². The van der Waals surface area contributed by atoms with E-state index in [4.69, 9.17) is 4.74 Å². The predicted octanol–water partition coefficient (Wildman–Crippen LogP) is 2.94. The third kappa shape index (κ3) is 4.29. The second-order valence-electron chi connectivity index (χ2n) is 5.03. The van der Waals surface area contributed by atoms with Gasteiger partial charge < -0.3 is 10.1 Å². The third-order valence-electron chi connectivity index (χ3n) is 3.42. The molecule has 2 rings (SSSR count). The van der Waals surface area contributed by atoms with E-state index in [9.17, 15) is 0 Å². The highest BCUT2D eigenvalue weighted by atomic mass is 16.5. The van der Waals surface area contributed by atoms with Crippen LogP contribution < -0.4 is 10.1 Å². The quantitative estimate of drug-likeness (QED) is 0.811. The number of hydrogen-bond acceptors (Lipinski definition) is 4. The minimum absolute atomic E-state index is 0.327. The van der Waals surface area contributed by atoms with E-state index >= 15 is 0 Å². The van der Waals surface area contributed by atoms with Crippen LogP contribution in [-0.4, -0.2) is 21.3 Å². The fourth-order valence-corrected chi connectivity index (χ4v) is 2.16. The van der Waals surface area contributed by atoms with Crippen LogP contribution in [0.1, 0.15) is 44.6 Å². The Balaban J connectivity index is 1.97. The molecule has 1 atom stereocenters. The molecule has 0 saturated carbocycles. The van der Waals surface area contributed by atoms with Crippen molar-refractivity contribution in [2.45, 2.75) is 46.4 Å². The van der Waals surface area contributed by atoms with E-state index in [1.807, 2.05) is 23.7 Å². The number of aromatic nitrogens is 3. The van der Waals surface area contributed by atoms with Crippen molar-refractivity contribution >= 4 is 0 Å². The first-order chi connectivity index (χ1) is 10.2. The van der Waals surface area contributed by atoms with Gasteiger partial charge >= 0.3 is 0 Å². The summed E-state index contributed by atoms with van der Waals surface area (Å²) >= 11 is 0. The monoisotopic (exact) mass is 288 g/mol. The van der Waals surface area contributed by atoms with Crippen molar-refractivity contribution in [3.63, 3.8) is 0 Å². The lowest BCUT2D eigenvalue weighted by Crippen LogP contribution is -2.19. The first-order valence-corrected chi connectivity index (χ1v) is 7.57. The van der Waals surface area contributed by atoms with Crippen molar-refractivity contribution in [2.75, 3.05) is 6.54 Å². The molecular weight excluding hydrogens is 264 g/mol. The molecule has 5 nitrogen and oxygen atoms in total. The Labute approximate surface area is 126 Å². The minimum Gasteiger partial charge on any atom is -0.486 e. The Morgan fingerprint density at radius 1 is 1.33 bits per heavy atom. The average molecular weight is 288 g/mol. The number of ether oxygens (including phenoxy) is 1. The van der Waals surface area contributed by atoms with Crippen LogP contribution in [-0.2, 0) is 13.2 Å². The molecule has 0 fully saturated rings. The van der Waals surface area contributed by atoms with Gasteiger partial charge in [0.15, 0.2) is 5.82 Å². The van der Waals surface area contributed by atoms with Crippen LogP contribution in [0.4, 0.5) is 0 Å². The summed E-state index contributed by atoms with van der Waals surface area (Å²) in [5.74, 6) is 1.71. The molecule has 114 valence electrons. The van der Waals surface area contributed by atoms with E-state index in [1.54, 1.807) is 6.33 Å². The number of nitrogens with zero attached hydrogens (tertiary/aromatic N) is 3. The van der Waals surface area contributed by atoms with E-state index in [0.717, 1.165) is 31.1 Å². The summed E-state index contributed by atoms with van der Waals surface area (Å²) in [6.07, 6.45) is 2.70. The van der Waals surface area contributed by atoms with E-state index in [2.05, 4.69) is 41.4 Å². The van der Waals surface area contributed by atoms with E-state index < -0.39 is 0 Å². The molecule has 1 N–H and O–H groups in total. The smallest absolute Gasteiger partial charge is 0.164 e. The van der Waals surface area contributed by atoms with E-state index in [0.29, 0.717) is 12.6 Å². The molecule has 0 aliphatic heterocycles. The Hall–Kier alpha value is -1.88. The standard InChI is InChI=1S/C16H24N4O/c1-4-9-17-13(3)14-7-6-8-15(10-14)21-11-16-18-12-19-20(16)5-2/h6-8,10,12-13,17H,4-5,9,11H2,1-3H3. The molecule has 0 radical (unpaired) electrons. The van der Waals surface area contributed by atoms with Gasteiger partial charge in [-0.3, -0.25) is 0 Å². The summed E-state index contributed by atoms with van der Waals surface area (Å²) < 4.78 is 7.68. The Kier molecular flexibility index (Phi) is 5.75. The molecule has 1 aromatic heterocycles. The fraction of sp³-hybridized carbons (Fsp3) is 0.500. The van der Waals surface area contributed by atoms with Gasteiger partial charge in [-0.25, -0.2) is 9.67 Å². The third-order valence-corrected chi connectivity index (χ3v) is 3.42. The van der Waals surface area contributed by atoms with Crippen molar-refractivity contribution in [1.82, 2.24) is 20.1 Å². The number of nitrogens with one attached hydrogen (secondary N) is 1. The number of rotatable bonds is 8. The van der Waals surface area contributed by atoms with Gasteiger partial charge in [-0.05, 0) is 44.5 Å². The van der Waals surface area contributed by atoms with Crippen molar-refractivity contribution < 1.29 is 4.74 Å². The Morgan fingerprint density at radius 3 is 2.95 bits per heavy atom. The SMILES string of the molecule is CCCNC(C)c1cccc(OCc2ncnn2CC)c1. The number of aryl methyl sites for hydroxylation is 1. The Morgan fingerprint density at radius 2 is 2.19 bits per heavy atom. The van der Waals surface area contributed by atoms with Crippen molar-refractivity contribution in [2.24, 2.45) is 0 Å². The van der Waals surface area contributed by atoms with Crippen LogP contribution in [0.15, 0.2) is 30.6 Å². The molecular formula is C16H24N4O. The normalized spacial score (nSPS) is 12.3. The molecule has 0 spiro atoms. The summed E-state index contributed by atoms with van der Waals surface area (Å²) in [4.78, 5) is 4.21. The topological polar surface area (TPSA) is 52.0 Å². The largest absolute Gasteiger partial charge is 0.486 e. The zero-order valence-corrected chi connectivity index (χ0v) is 13.0. The number of hydrogen-bond donors (Lipinski definition) is 1. The first-order valence-electron chi connectivity index (χ1n) is 7.57. The number of benzene rings is 1. The van der Waals surface area contributed by atoms with Crippen LogP contribution >= 0.6 is 0 Å². The molecule has 1 unspecified atom stereocenters. The van der Waals surface area contributed by atoms with Crippen molar-refractivity contribution in [1.29, 1.82) is 0 Å². The molecule has 1 aromatic carbocycles. The van der Waals surface area contributed by atoms with Crippen molar-refractivity contribution in [3.05, 3.63) is 42.0 Å². The molecule has 0 aliphatic rings. The van der Waals surface area contributed by atoms with E-state index in [1.165, 1.54) is 5.56 Å². The molecule has 21 heavy (non-hydrogen) atoms. The second kappa shape index (κ2) is 7.78. The Bertz CT molecular complexity index is 553. The van der Waals surface area contributed by atoms with Gasteiger partial charge in [0.05, 0.1) is 0 Å². The molecule has 0 amide bonds. The van der Waals surface area contributed by atoms with Gasteiger partial charge in [0.1, 0.15) is 18.7 Å². The predicted molar refractivity (Wildman–Crippen MR) is 83.2 cm³/mol. The molecule has 2 aromatic rings. The van der Waals surface area contributed by atoms with Crippen LogP contribution in [0.25, 0.3) is 0 Å². The minimum atomic E-state index is 0.327. The lowest BCUT2D eigenvalue weighted by molar-refractivity contribution is 0.287. The average Bonchev–Trinajstić information content (AvgIpc) is 2.98. The van der Waals surface area contributed by atoms with Gasteiger partial charge in [-0.1, -0.05) is 19.1 Å². The maximum Gasteiger partial charge on any atom is 0.164 e. The zero-order chi connectivity index (χ0) is 15.1. The highest BCUT2D eigenvalue weighted by Crippen LogP contribution is 2.19. The summed E-state index contributed by atoms with van der Waals surface area (Å²) in [5, 5.41) is 7.62. The van der Waals surface area contributed by atoms with E-state index in [-0.39, 0.29) is 0 Å². The summed E-state index contributed by atoms with van der Waals surface area (Å²) in [7, 11) is 0. The first kappa shape index (κ1) is 15.5. The van der Waals surface area contributed by atoms with Crippen LogP contribution in [0.2, 0.25) is 0 Å². The second-order valence-corrected chi connectivity index (χ2v) is 5.03.